The van der Waals surface area contributed by atoms with Gasteiger partial charge in [0.2, 0.25) is 5.91 Å². The van der Waals surface area contributed by atoms with E-state index in [2.05, 4.69) is 25.2 Å². The van der Waals surface area contributed by atoms with Crippen LogP contribution in [-0.4, -0.2) is 22.8 Å². The summed E-state index contributed by atoms with van der Waals surface area (Å²) in [5, 5.41) is 5.20. The quantitative estimate of drug-likeness (QED) is 0.519. The summed E-state index contributed by atoms with van der Waals surface area (Å²) >= 11 is 1.63. The van der Waals surface area contributed by atoms with E-state index in [0.29, 0.717) is 5.56 Å². The molecule has 0 spiro atoms. The van der Waals surface area contributed by atoms with Crippen molar-refractivity contribution < 1.29 is 9.59 Å². The Bertz CT molecular complexity index is 1150. The Morgan fingerprint density at radius 1 is 1.00 bits per heavy atom. The molecule has 164 valence electrons. The molecule has 0 unspecified atom stereocenters. The molecule has 1 N–H and O–H groups in total. The molecule has 0 saturated heterocycles. The molecule has 1 aromatic heterocycles. The van der Waals surface area contributed by atoms with Gasteiger partial charge >= 0.3 is 0 Å². The van der Waals surface area contributed by atoms with Gasteiger partial charge in [-0.15, -0.1) is 11.3 Å². The van der Waals surface area contributed by atoms with E-state index < -0.39 is 5.92 Å². The molecule has 2 heterocycles. The average Bonchev–Trinajstić information content (AvgIpc) is 3.50. The fraction of sp³-hybridized carbons (Fsp3) is 0.333. The lowest BCUT2D eigenvalue weighted by Gasteiger charge is -2.44. The molecule has 1 aliphatic heterocycles. The van der Waals surface area contributed by atoms with Crippen molar-refractivity contribution in [2.75, 3.05) is 5.32 Å². The monoisotopic (exact) mass is 444 g/mol. The third-order valence-electron chi connectivity index (χ3n) is 6.99. The van der Waals surface area contributed by atoms with Crippen LogP contribution in [0.3, 0.4) is 0 Å². The first-order valence-electron chi connectivity index (χ1n) is 11.4. The van der Waals surface area contributed by atoms with E-state index in [0.717, 1.165) is 47.4 Å². The molecule has 3 aromatic rings. The van der Waals surface area contributed by atoms with Gasteiger partial charge in [0.25, 0.3) is 5.91 Å². The van der Waals surface area contributed by atoms with Gasteiger partial charge in [0, 0.05) is 22.2 Å². The molecule has 5 rings (SSSR count). The molecule has 1 saturated carbocycles. The van der Waals surface area contributed by atoms with Crippen LogP contribution >= 0.6 is 11.3 Å². The second-order valence-electron chi connectivity index (χ2n) is 8.96. The lowest BCUT2D eigenvalue weighted by molar-refractivity contribution is -0.119. The number of hydrogen-bond donors (Lipinski definition) is 1. The molecule has 32 heavy (non-hydrogen) atoms. The molecular weight excluding hydrogens is 416 g/mol. The Balaban J connectivity index is 1.61. The van der Waals surface area contributed by atoms with E-state index in [9.17, 15) is 9.59 Å². The van der Waals surface area contributed by atoms with E-state index in [4.69, 9.17) is 0 Å². The molecule has 2 atom stereocenters. The fourth-order valence-electron chi connectivity index (χ4n) is 5.22. The smallest absolute Gasteiger partial charge is 0.254 e. The van der Waals surface area contributed by atoms with Gasteiger partial charge in [-0.25, -0.2) is 0 Å². The van der Waals surface area contributed by atoms with Crippen LogP contribution < -0.4 is 5.32 Å². The number of benzene rings is 2. The normalized spacial score (nSPS) is 20.9. The van der Waals surface area contributed by atoms with E-state index >= 15 is 0 Å². The fourth-order valence-corrected chi connectivity index (χ4v) is 6.08. The zero-order valence-corrected chi connectivity index (χ0v) is 19.3. The Morgan fingerprint density at radius 3 is 2.50 bits per heavy atom. The number of fused-ring (bicyclic) bond motifs is 1. The van der Waals surface area contributed by atoms with Crippen molar-refractivity contribution in [2.24, 2.45) is 0 Å². The second kappa shape index (κ2) is 8.55. The number of hydrogen-bond acceptors (Lipinski definition) is 3. The zero-order valence-electron chi connectivity index (χ0n) is 18.5. The van der Waals surface area contributed by atoms with Gasteiger partial charge in [-0.3, -0.25) is 9.59 Å². The Kier molecular flexibility index (Phi) is 5.60. The molecule has 1 fully saturated rings. The van der Waals surface area contributed by atoms with Crippen LogP contribution in [0.1, 0.15) is 69.6 Å². The number of rotatable bonds is 4. The summed E-state index contributed by atoms with van der Waals surface area (Å²) in [6, 6.07) is 17.6. The van der Waals surface area contributed by atoms with Crippen molar-refractivity contribution >= 4 is 28.8 Å². The van der Waals surface area contributed by atoms with Crippen LogP contribution in [0.15, 0.2) is 60.0 Å². The number of anilines is 1. The zero-order chi connectivity index (χ0) is 22.2. The lowest BCUT2D eigenvalue weighted by atomic mass is 9.80. The Morgan fingerprint density at radius 2 is 1.78 bits per heavy atom. The van der Waals surface area contributed by atoms with Crippen molar-refractivity contribution in [2.45, 2.75) is 57.5 Å². The first-order chi connectivity index (χ1) is 15.5. The van der Waals surface area contributed by atoms with Crippen molar-refractivity contribution in [1.82, 2.24) is 4.90 Å². The first-order valence-corrected chi connectivity index (χ1v) is 12.3. The van der Waals surface area contributed by atoms with Crippen LogP contribution in [-0.2, 0) is 4.79 Å². The van der Waals surface area contributed by atoms with Crippen LogP contribution in [0.25, 0.3) is 0 Å². The molecule has 1 aliphatic carbocycles. The van der Waals surface area contributed by atoms with Crippen molar-refractivity contribution in [3.63, 3.8) is 0 Å². The van der Waals surface area contributed by atoms with Gasteiger partial charge in [0.15, 0.2) is 0 Å². The van der Waals surface area contributed by atoms with Crippen molar-refractivity contribution in [3.8, 4) is 0 Å². The van der Waals surface area contributed by atoms with Crippen LogP contribution in [0.5, 0.6) is 0 Å². The topological polar surface area (TPSA) is 49.4 Å². The summed E-state index contributed by atoms with van der Waals surface area (Å²) < 4.78 is 0. The highest BCUT2D eigenvalue weighted by Crippen LogP contribution is 2.47. The minimum atomic E-state index is -0.454. The largest absolute Gasteiger partial charge is 0.327 e. The number of nitrogens with zero attached hydrogens (tertiary/aromatic N) is 1. The number of amides is 2. The van der Waals surface area contributed by atoms with Crippen molar-refractivity contribution in [3.05, 3.63) is 87.1 Å². The van der Waals surface area contributed by atoms with Crippen LogP contribution in [0, 0.1) is 13.8 Å². The third kappa shape index (κ3) is 3.65. The lowest BCUT2D eigenvalue weighted by Crippen LogP contribution is -2.49. The summed E-state index contributed by atoms with van der Waals surface area (Å²) in [6.07, 6.45) is 4.27. The van der Waals surface area contributed by atoms with Crippen LogP contribution in [0.4, 0.5) is 5.69 Å². The van der Waals surface area contributed by atoms with Gasteiger partial charge in [-0.1, -0.05) is 43.2 Å². The number of aryl methyl sites for hydroxylation is 2. The number of nitrogens with one attached hydrogen (secondary N) is 1. The number of carbonyl (C=O) groups excluding carboxylic acids is 2. The summed E-state index contributed by atoms with van der Waals surface area (Å²) in [7, 11) is 0. The van der Waals surface area contributed by atoms with Gasteiger partial charge in [-0.05, 0) is 73.0 Å². The maximum atomic E-state index is 13.9. The van der Waals surface area contributed by atoms with Crippen molar-refractivity contribution in [1.29, 1.82) is 0 Å². The summed E-state index contributed by atoms with van der Waals surface area (Å²) in [5.41, 5.74) is 4.62. The second-order valence-corrected chi connectivity index (χ2v) is 9.94. The molecule has 5 heteroatoms. The Hall–Kier alpha value is -2.92. The number of carbonyl (C=O) groups is 2. The van der Waals surface area contributed by atoms with Gasteiger partial charge in [-0.2, -0.15) is 0 Å². The van der Waals surface area contributed by atoms with Gasteiger partial charge in [0.05, 0.1) is 12.0 Å². The first kappa shape index (κ1) is 21.0. The molecule has 2 amide bonds. The average molecular weight is 445 g/mol. The van der Waals surface area contributed by atoms with E-state index in [1.807, 2.05) is 58.8 Å². The third-order valence-corrected chi connectivity index (χ3v) is 7.93. The van der Waals surface area contributed by atoms with E-state index in [-0.39, 0.29) is 23.9 Å². The van der Waals surface area contributed by atoms with Gasteiger partial charge < -0.3 is 10.2 Å². The standard InChI is InChI=1S/C27H28N2O2S/c1-17-13-14-19(16-18(17)2)28-26(30)24-21-10-5-6-11-22(21)27(31)29(20-8-3-4-9-20)25(24)23-12-7-15-32-23/h5-7,10-16,20,24-25H,3-4,8-9H2,1-2H3,(H,28,30)/t24-,25+/m1/s1. The summed E-state index contributed by atoms with van der Waals surface area (Å²) in [4.78, 5) is 30.7. The summed E-state index contributed by atoms with van der Waals surface area (Å²) in [5.74, 6) is -0.458. The molecule has 2 aliphatic rings. The predicted octanol–water partition coefficient (Wildman–Crippen LogP) is 6.23. The van der Waals surface area contributed by atoms with Crippen LogP contribution in [0.2, 0.25) is 0 Å². The SMILES string of the molecule is Cc1ccc(NC(=O)[C@@H]2c3ccccc3C(=O)N(C3CCCC3)[C@H]2c2cccs2)cc1C. The maximum absolute atomic E-state index is 13.9. The minimum absolute atomic E-state index is 0.0566. The molecule has 0 radical (unpaired) electrons. The predicted molar refractivity (Wildman–Crippen MR) is 129 cm³/mol. The highest BCUT2D eigenvalue weighted by atomic mass is 32.1. The van der Waals surface area contributed by atoms with E-state index in [1.165, 1.54) is 5.56 Å². The Labute approximate surface area is 193 Å². The van der Waals surface area contributed by atoms with Gasteiger partial charge in [0.1, 0.15) is 0 Å². The highest BCUT2D eigenvalue weighted by molar-refractivity contribution is 7.10. The molecule has 2 aromatic carbocycles. The van der Waals surface area contributed by atoms with E-state index in [1.54, 1.807) is 11.3 Å². The number of thiophene rings is 1. The summed E-state index contributed by atoms with van der Waals surface area (Å²) in [6.45, 7) is 4.12. The molecule has 4 nitrogen and oxygen atoms in total. The molecular formula is C27H28N2O2S. The highest BCUT2D eigenvalue weighted by Gasteiger charge is 2.47. The minimum Gasteiger partial charge on any atom is -0.327 e. The maximum Gasteiger partial charge on any atom is 0.254 e. The molecule has 0 bridgehead atoms.